The number of cyclic esters (lactones) is 1. The smallest absolute Gasteiger partial charge is 0.348 e. The number of nitrogens with zero attached hydrogens (tertiary/aromatic N) is 1. The number of carbonyl (C=O) groups excluding carboxylic acids is 6. The fourth-order valence-corrected chi connectivity index (χ4v) is 9.79. The molecule has 18 nitrogen and oxygen atoms in total. The molecule has 0 unspecified atom stereocenters. The topological polar surface area (TPSA) is 235 Å². The molecule has 1 aromatic carbocycles. The van der Waals surface area contributed by atoms with Crippen molar-refractivity contribution < 1.29 is 72.2 Å². The number of carbonyl (C=O) groups is 6. The fourth-order valence-electron chi connectivity index (χ4n) is 9.79. The number of hydrogen-bond acceptors (Lipinski definition) is 16. The van der Waals surface area contributed by atoms with E-state index in [4.69, 9.17) is 33.3 Å². The molecule has 0 radical (unpaired) electrons. The van der Waals surface area contributed by atoms with Gasteiger partial charge in [0.1, 0.15) is 48.1 Å². The molecule has 2 bridgehead atoms. The molecule has 2 amide bonds. The van der Waals surface area contributed by atoms with Crippen molar-refractivity contribution in [3.8, 4) is 0 Å². The van der Waals surface area contributed by atoms with E-state index in [1.165, 1.54) is 24.1 Å². The van der Waals surface area contributed by atoms with Gasteiger partial charge < -0.3 is 49.3 Å². The van der Waals surface area contributed by atoms with Crippen LogP contribution in [0.15, 0.2) is 30.3 Å². The number of benzene rings is 1. The molecule has 1 saturated carbocycles. The Morgan fingerprint density at radius 1 is 0.985 bits per heavy atom. The van der Waals surface area contributed by atoms with Gasteiger partial charge in [0.25, 0.3) is 0 Å². The minimum absolute atomic E-state index is 0.0248. The predicted molar refractivity (Wildman–Crippen MR) is 240 cm³/mol. The average molecular weight is 942 g/mol. The standard InChI is InChI=1S/C49H71N3O15/c1-9-11-13-22-48(23-14-12-10-2)65-37-33-25-49(45(60)51-36(29(3)54)42(57)50-32(27-53)19-21-35(56)64-46(4,5)6)39(43(58)62-33)52(67-40(49)38(37)66-48)26-31-17-15-16-30(24-31)18-20-34(55)63-41-44(59)61-28-47(41,7)8/h15-18,20,24,29,32-33,36-41,53-54H,9-14,19,21-23,25-28H2,1-8H3,(H,50,57)(H,51,60)/t29-,32-,33+,36+,37-,38-,39+,40+,41-,49+/m0/s1. The summed E-state index contributed by atoms with van der Waals surface area (Å²) in [6.07, 6.45) is 3.13. The second kappa shape index (κ2) is 21.5. The van der Waals surface area contributed by atoms with Gasteiger partial charge in [-0.15, -0.1) is 0 Å². The Balaban J connectivity index is 1.28. The maximum absolute atomic E-state index is 15.2. The number of nitrogens with one attached hydrogen (secondary N) is 2. The Labute approximate surface area is 393 Å². The first kappa shape index (κ1) is 51.9. The summed E-state index contributed by atoms with van der Waals surface area (Å²) in [5, 5.41) is 28.0. The van der Waals surface area contributed by atoms with Crippen molar-refractivity contribution in [1.82, 2.24) is 15.7 Å². The van der Waals surface area contributed by atoms with Crippen molar-refractivity contribution in [1.29, 1.82) is 0 Å². The summed E-state index contributed by atoms with van der Waals surface area (Å²) in [4.78, 5) is 87.8. The highest BCUT2D eigenvalue weighted by atomic mass is 16.8. The third kappa shape index (κ3) is 11.9. The number of hydroxylamine groups is 2. The highest BCUT2D eigenvalue weighted by molar-refractivity contribution is 5.96. The van der Waals surface area contributed by atoms with Crippen LogP contribution in [0.5, 0.6) is 0 Å². The lowest BCUT2D eigenvalue weighted by Gasteiger charge is -2.49. The zero-order valence-corrected chi connectivity index (χ0v) is 40.2. The van der Waals surface area contributed by atoms with Crippen LogP contribution in [0.25, 0.3) is 6.08 Å². The molecule has 10 atom stereocenters. The van der Waals surface area contributed by atoms with Crippen molar-refractivity contribution in [3.05, 3.63) is 41.5 Å². The number of fused-ring (bicyclic) bond motifs is 4. The van der Waals surface area contributed by atoms with Crippen molar-refractivity contribution in [3.63, 3.8) is 0 Å². The van der Waals surface area contributed by atoms with Gasteiger partial charge in [-0.2, -0.15) is 5.06 Å². The number of aliphatic hydroxyl groups is 2. The quantitative estimate of drug-likeness (QED) is 0.0555. The van der Waals surface area contributed by atoms with E-state index in [0.717, 1.165) is 38.5 Å². The SMILES string of the molecule is CCCCCC1(CCCCC)O[C@@H]2[C@H](O1)[C@H]1ON(Cc3cccc(C=CC(=O)O[C@H]4C(=O)OCC4(C)C)c3)[C@@H]3C(=O)O[C@@H]2C[C@]13C(=O)N[C@@H](C(=O)N[C@H](CO)CCC(=O)OC(C)(C)C)[C@H](C)O. The summed E-state index contributed by atoms with van der Waals surface area (Å²) in [7, 11) is 0. The number of rotatable bonds is 22. The molecule has 18 heteroatoms. The molecular formula is C49H71N3O15. The van der Waals surface area contributed by atoms with Crippen molar-refractivity contribution in [2.24, 2.45) is 10.8 Å². The van der Waals surface area contributed by atoms with Gasteiger partial charge in [0.15, 0.2) is 11.8 Å². The minimum Gasteiger partial charge on any atom is -0.462 e. The number of unbranched alkanes of at least 4 members (excludes halogenated alkanes) is 4. The molecule has 372 valence electrons. The second-order valence-corrected chi connectivity index (χ2v) is 20.4. The fraction of sp³-hybridized carbons (Fsp3) is 0.714. The maximum atomic E-state index is 15.2. The largest absolute Gasteiger partial charge is 0.462 e. The van der Waals surface area contributed by atoms with E-state index in [1.807, 2.05) is 0 Å². The number of esters is 4. The Morgan fingerprint density at radius 3 is 2.28 bits per heavy atom. The lowest BCUT2D eigenvalue weighted by atomic mass is 9.62. The van der Waals surface area contributed by atoms with E-state index >= 15 is 4.79 Å². The predicted octanol–water partition coefficient (Wildman–Crippen LogP) is 4.10. The Kier molecular flexibility index (Phi) is 16.6. The van der Waals surface area contributed by atoms with E-state index in [9.17, 15) is 34.2 Å². The first-order valence-electron chi connectivity index (χ1n) is 23.9. The van der Waals surface area contributed by atoms with Gasteiger partial charge in [0, 0.05) is 37.2 Å². The highest BCUT2D eigenvalue weighted by Gasteiger charge is 2.76. The highest BCUT2D eigenvalue weighted by Crippen LogP contribution is 2.58. The normalized spacial score (nSPS) is 28.5. The first-order valence-corrected chi connectivity index (χ1v) is 23.9. The molecule has 4 heterocycles. The Bertz CT molecular complexity index is 1990. The summed E-state index contributed by atoms with van der Waals surface area (Å²) in [6.45, 7) is 13.8. The van der Waals surface area contributed by atoms with Crippen molar-refractivity contribution >= 4 is 41.8 Å². The van der Waals surface area contributed by atoms with Gasteiger partial charge in [-0.3, -0.25) is 24.0 Å². The van der Waals surface area contributed by atoms with E-state index in [-0.39, 0.29) is 32.4 Å². The van der Waals surface area contributed by atoms with Crippen LogP contribution in [-0.2, 0) is 68.6 Å². The minimum atomic E-state index is -1.70. The summed E-state index contributed by atoms with van der Waals surface area (Å²) >= 11 is 0. The lowest BCUT2D eigenvalue weighted by Crippen LogP contribution is -2.71. The molecule has 5 aliphatic rings. The van der Waals surface area contributed by atoms with Gasteiger partial charge in [0.05, 0.1) is 25.3 Å². The molecule has 67 heavy (non-hydrogen) atoms. The van der Waals surface area contributed by atoms with Crippen LogP contribution in [0.1, 0.15) is 137 Å². The second-order valence-electron chi connectivity index (χ2n) is 20.4. The number of hydrogen-bond donors (Lipinski definition) is 4. The van der Waals surface area contributed by atoms with Crippen LogP contribution >= 0.6 is 0 Å². The average Bonchev–Trinajstić information content (AvgIpc) is 3.90. The van der Waals surface area contributed by atoms with Crippen LogP contribution in [0.2, 0.25) is 0 Å². The zero-order chi connectivity index (χ0) is 48.9. The molecule has 5 fully saturated rings. The molecule has 1 aromatic rings. The van der Waals surface area contributed by atoms with Crippen LogP contribution < -0.4 is 10.6 Å². The number of aliphatic hydroxyl groups excluding tert-OH is 2. The zero-order valence-electron chi connectivity index (χ0n) is 40.2. The number of amides is 2. The molecule has 0 aromatic heterocycles. The molecule has 0 spiro atoms. The van der Waals surface area contributed by atoms with E-state index in [0.29, 0.717) is 24.0 Å². The van der Waals surface area contributed by atoms with E-state index in [2.05, 4.69) is 24.5 Å². The van der Waals surface area contributed by atoms with Gasteiger partial charge in [-0.25, -0.2) is 9.59 Å². The van der Waals surface area contributed by atoms with Crippen LogP contribution in [0.3, 0.4) is 0 Å². The monoisotopic (exact) mass is 941 g/mol. The third-order valence-electron chi connectivity index (χ3n) is 13.2. The van der Waals surface area contributed by atoms with E-state index in [1.54, 1.807) is 58.9 Å². The molecular weight excluding hydrogens is 871 g/mol. The van der Waals surface area contributed by atoms with Gasteiger partial charge >= 0.3 is 23.9 Å². The van der Waals surface area contributed by atoms with Crippen LogP contribution in [0.4, 0.5) is 0 Å². The Hall–Kier alpha value is -4.46. The molecule has 4 saturated heterocycles. The van der Waals surface area contributed by atoms with Gasteiger partial charge in [0.2, 0.25) is 17.9 Å². The maximum Gasteiger partial charge on any atom is 0.348 e. The van der Waals surface area contributed by atoms with E-state index < -0.39 is 119 Å². The summed E-state index contributed by atoms with van der Waals surface area (Å²) in [6, 6.07) is 3.26. The summed E-state index contributed by atoms with van der Waals surface area (Å²) in [5.74, 6) is -5.18. The lowest BCUT2D eigenvalue weighted by molar-refractivity contribution is -0.224. The third-order valence-corrected chi connectivity index (χ3v) is 13.2. The Morgan fingerprint density at radius 2 is 1.67 bits per heavy atom. The van der Waals surface area contributed by atoms with Gasteiger partial charge in [-0.05, 0) is 64.2 Å². The first-order chi connectivity index (χ1) is 31.7. The molecule has 4 aliphatic heterocycles. The summed E-state index contributed by atoms with van der Waals surface area (Å²) < 4.78 is 35.9. The van der Waals surface area contributed by atoms with Crippen molar-refractivity contribution in [2.45, 2.75) is 199 Å². The molecule has 1 aliphatic carbocycles. The number of ether oxygens (including phenoxy) is 6. The summed E-state index contributed by atoms with van der Waals surface area (Å²) in [5.41, 5.74) is -1.89. The molecule has 4 N–H and O–H groups in total. The van der Waals surface area contributed by atoms with Crippen LogP contribution in [-0.4, -0.2) is 130 Å². The van der Waals surface area contributed by atoms with Gasteiger partial charge in [-0.1, -0.05) is 77.6 Å². The van der Waals surface area contributed by atoms with Crippen LogP contribution in [0, 0.1) is 10.8 Å². The molecule has 6 rings (SSSR count). The van der Waals surface area contributed by atoms with Crippen molar-refractivity contribution in [2.75, 3.05) is 13.2 Å².